The van der Waals surface area contributed by atoms with Gasteiger partial charge in [0, 0.05) is 25.7 Å². The van der Waals surface area contributed by atoms with Crippen LogP contribution in [-0.4, -0.2) is 47.3 Å². The maximum atomic E-state index is 13.2. The van der Waals surface area contributed by atoms with Crippen molar-refractivity contribution in [2.24, 2.45) is 5.92 Å². The molecule has 0 unspecified atom stereocenters. The van der Waals surface area contributed by atoms with E-state index in [-0.39, 0.29) is 35.8 Å². The molecule has 3 aliphatic rings. The van der Waals surface area contributed by atoms with Gasteiger partial charge in [0.05, 0.1) is 17.9 Å². The molecule has 3 fully saturated rings. The highest BCUT2D eigenvalue weighted by atomic mass is 19.4. The molecule has 4 nitrogen and oxygen atoms in total. The number of carbonyl (C=O) groups is 2. The topological polar surface area (TPSA) is 40.6 Å². The summed E-state index contributed by atoms with van der Waals surface area (Å²) >= 11 is 0. The van der Waals surface area contributed by atoms with E-state index < -0.39 is 11.7 Å². The summed E-state index contributed by atoms with van der Waals surface area (Å²) < 4.78 is 39.5. The summed E-state index contributed by atoms with van der Waals surface area (Å²) in [5, 5.41) is 0. The Morgan fingerprint density at radius 1 is 1.19 bits per heavy atom. The third-order valence-corrected chi connectivity index (χ3v) is 5.28. The molecular weight excluding hydrogens is 345 g/mol. The molecule has 0 saturated carbocycles. The van der Waals surface area contributed by atoms with E-state index in [1.165, 1.54) is 18.2 Å². The van der Waals surface area contributed by atoms with Gasteiger partial charge in [-0.15, -0.1) is 0 Å². The Bertz CT molecular complexity index is 690. The Morgan fingerprint density at radius 2 is 1.92 bits per heavy atom. The third-order valence-electron chi connectivity index (χ3n) is 5.28. The number of halogens is 3. The van der Waals surface area contributed by atoms with Crippen LogP contribution in [0.25, 0.3) is 0 Å². The molecule has 3 saturated heterocycles. The largest absolute Gasteiger partial charge is 0.416 e. The summed E-state index contributed by atoms with van der Waals surface area (Å²) in [6, 6.07) is 5.16. The Kier molecular flexibility index (Phi) is 5.25. The number of hydrogen-bond acceptors (Lipinski definition) is 2. The highest BCUT2D eigenvalue weighted by Crippen LogP contribution is 2.33. The molecule has 7 heteroatoms. The van der Waals surface area contributed by atoms with Gasteiger partial charge in [0.15, 0.2) is 0 Å². The first kappa shape index (κ1) is 18.7. The third kappa shape index (κ3) is 3.71. The second-order valence-electron chi connectivity index (χ2n) is 7.09. The Hall–Kier alpha value is -2.05. The maximum absolute atomic E-state index is 13.2. The van der Waals surface area contributed by atoms with Crippen LogP contribution in [0.3, 0.4) is 0 Å². The lowest BCUT2D eigenvalue weighted by atomic mass is 9.94. The van der Waals surface area contributed by atoms with Gasteiger partial charge in [-0.05, 0) is 30.9 Å². The number of nitrogens with zero attached hydrogens (tertiary/aromatic N) is 2. The second kappa shape index (κ2) is 7.29. The quantitative estimate of drug-likeness (QED) is 0.819. The summed E-state index contributed by atoms with van der Waals surface area (Å²) in [6.07, 6.45) is -2.34. The predicted molar refractivity (Wildman–Crippen MR) is 90.2 cm³/mol. The van der Waals surface area contributed by atoms with E-state index in [1.54, 1.807) is 4.90 Å². The maximum Gasteiger partial charge on any atom is 0.416 e. The molecule has 26 heavy (non-hydrogen) atoms. The predicted octanol–water partition coefficient (Wildman–Crippen LogP) is 3.11. The van der Waals surface area contributed by atoms with Crippen molar-refractivity contribution in [2.45, 2.75) is 44.8 Å². The zero-order valence-corrected chi connectivity index (χ0v) is 14.8. The molecule has 142 valence electrons. The smallest absolute Gasteiger partial charge is 0.340 e. The van der Waals surface area contributed by atoms with E-state index in [1.807, 2.05) is 11.8 Å². The zero-order chi connectivity index (χ0) is 18.9. The second-order valence-corrected chi connectivity index (χ2v) is 7.09. The van der Waals surface area contributed by atoms with Gasteiger partial charge in [0.1, 0.15) is 0 Å². The molecule has 0 radical (unpaired) electrons. The Morgan fingerprint density at radius 3 is 2.62 bits per heavy atom. The van der Waals surface area contributed by atoms with Crippen LogP contribution >= 0.6 is 0 Å². The van der Waals surface area contributed by atoms with E-state index in [4.69, 9.17) is 0 Å². The van der Waals surface area contributed by atoms with E-state index in [9.17, 15) is 22.8 Å². The fourth-order valence-corrected chi connectivity index (χ4v) is 4.00. The van der Waals surface area contributed by atoms with Crippen molar-refractivity contribution in [1.82, 2.24) is 9.80 Å². The van der Waals surface area contributed by atoms with Crippen LogP contribution in [-0.2, 0) is 22.2 Å². The normalized spacial score (nSPS) is 23.3. The number of hydrogen-bond donors (Lipinski definition) is 0. The Labute approximate surface area is 151 Å². The number of fused-ring (bicyclic) bond motifs is 4. The van der Waals surface area contributed by atoms with Gasteiger partial charge in [-0.2, -0.15) is 13.2 Å². The van der Waals surface area contributed by atoms with Crippen LogP contribution in [0, 0.1) is 5.92 Å². The van der Waals surface area contributed by atoms with Gasteiger partial charge >= 0.3 is 6.18 Å². The van der Waals surface area contributed by atoms with E-state index >= 15 is 0 Å². The molecule has 0 spiro atoms. The molecule has 0 N–H and O–H groups in total. The van der Waals surface area contributed by atoms with Crippen LogP contribution in [0.5, 0.6) is 0 Å². The molecule has 3 heterocycles. The average molecular weight is 368 g/mol. The number of benzene rings is 1. The Balaban J connectivity index is 1.77. The summed E-state index contributed by atoms with van der Waals surface area (Å²) in [5.74, 6) is -0.499. The molecule has 0 aromatic heterocycles. The zero-order valence-electron chi connectivity index (χ0n) is 14.8. The van der Waals surface area contributed by atoms with Gasteiger partial charge < -0.3 is 9.80 Å². The van der Waals surface area contributed by atoms with Crippen molar-refractivity contribution in [3.05, 3.63) is 35.4 Å². The summed E-state index contributed by atoms with van der Waals surface area (Å²) in [6.45, 7) is 3.39. The van der Waals surface area contributed by atoms with Crippen LogP contribution in [0.1, 0.15) is 37.3 Å². The molecular formula is C19H23F3N2O2. The molecule has 2 bridgehead atoms. The van der Waals surface area contributed by atoms with Crippen molar-refractivity contribution in [3.63, 3.8) is 0 Å². The minimum absolute atomic E-state index is 0.0154. The molecule has 0 aliphatic carbocycles. The SMILES string of the molecule is CCCN1C(=O)[C@@H]2CC[C@H]1CN(C(=O)Cc1ccccc1C(F)(F)F)C2. The first-order valence-electron chi connectivity index (χ1n) is 9.04. The van der Waals surface area contributed by atoms with Crippen LogP contribution in [0.4, 0.5) is 13.2 Å². The molecule has 4 rings (SSSR count). The first-order chi connectivity index (χ1) is 12.3. The van der Waals surface area contributed by atoms with Crippen molar-refractivity contribution < 1.29 is 22.8 Å². The van der Waals surface area contributed by atoms with Gasteiger partial charge in [0.2, 0.25) is 11.8 Å². The molecule has 2 atom stereocenters. The van der Waals surface area contributed by atoms with Crippen molar-refractivity contribution in [1.29, 1.82) is 0 Å². The number of alkyl halides is 3. The summed E-state index contributed by atoms with van der Waals surface area (Å²) in [5.41, 5.74) is -0.784. The highest BCUT2D eigenvalue weighted by molar-refractivity contribution is 5.84. The number of carbonyl (C=O) groups excluding carboxylic acids is 2. The minimum atomic E-state index is -4.48. The lowest BCUT2D eigenvalue weighted by Gasteiger charge is -2.35. The number of amides is 2. The van der Waals surface area contributed by atoms with Crippen LogP contribution < -0.4 is 0 Å². The van der Waals surface area contributed by atoms with Gasteiger partial charge in [0.25, 0.3) is 0 Å². The molecule has 1 aromatic carbocycles. The highest BCUT2D eigenvalue weighted by Gasteiger charge is 2.41. The number of rotatable bonds is 4. The standard InChI is InChI=1S/C19H23F3N2O2/c1-2-9-24-15-8-7-14(18(24)26)11-23(12-15)17(25)10-13-5-3-4-6-16(13)19(20,21)22/h3-6,14-15H,2,7-12H2,1H3/t14-,15+/m1/s1. The lowest BCUT2D eigenvalue weighted by Crippen LogP contribution is -2.48. The summed E-state index contributed by atoms with van der Waals surface area (Å²) in [4.78, 5) is 28.7. The van der Waals surface area contributed by atoms with Crippen molar-refractivity contribution in [3.8, 4) is 0 Å². The molecule has 3 aliphatic heterocycles. The van der Waals surface area contributed by atoms with Gasteiger partial charge in [-0.1, -0.05) is 25.1 Å². The van der Waals surface area contributed by atoms with Gasteiger partial charge in [-0.3, -0.25) is 9.59 Å². The lowest BCUT2D eigenvalue weighted by molar-refractivity contribution is -0.140. The van der Waals surface area contributed by atoms with E-state index in [2.05, 4.69) is 0 Å². The number of piperidine rings is 1. The van der Waals surface area contributed by atoms with Crippen molar-refractivity contribution >= 4 is 11.8 Å². The van der Waals surface area contributed by atoms with Crippen molar-refractivity contribution in [2.75, 3.05) is 19.6 Å². The average Bonchev–Trinajstić information content (AvgIpc) is 2.87. The first-order valence-corrected chi connectivity index (χ1v) is 9.04. The summed E-state index contributed by atoms with van der Waals surface area (Å²) in [7, 11) is 0. The molecule has 2 amide bonds. The molecule has 1 aromatic rings. The fourth-order valence-electron chi connectivity index (χ4n) is 4.00. The van der Waals surface area contributed by atoms with Gasteiger partial charge in [-0.25, -0.2) is 0 Å². The van der Waals surface area contributed by atoms with Crippen LogP contribution in [0.15, 0.2) is 24.3 Å². The van der Waals surface area contributed by atoms with E-state index in [0.29, 0.717) is 19.6 Å². The van der Waals surface area contributed by atoms with Crippen LogP contribution in [0.2, 0.25) is 0 Å². The minimum Gasteiger partial charge on any atom is -0.340 e. The van der Waals surface area contributed by atoms with E-state index in [0.717, 1.165) is 25.3 Å². The monoisotopic (exact) mass is 368 g/mol. The fraction of sp³-hybridized carbons (Fsp3) is 0.579.